The Morgan fingerprint density at radius 2 is 1.03 bits per heavy atom. The van der Waals surface area contributed by atoms with Crippen LogP contribution in [0.1, 0.15) is 0 Å². The Morgan fingerprint density at radius 1 is 0.541 bits per heavy atom. The number of nitrogens with zero attached hydrogens (tertiary/aromatic N) is 2. The van der Waals surface area contributed by atoms with E-state index in [1.165, 1.54) is 0 Å². The molecule has 4 aromatic heterocycles. The number of aromatic nitrogens is 4. The maximum atomic E-state index is 12.1. The number of hydrogen-bond acceptors (Lipinski definition) is 2. The Labute approximate surface area is 217 Å². The van der Waals surface area contributed by atoms with Crippen LogP contribution in [0, 0.1) is 0 Å². The Balaban J connectivity index is 0.000000125. The van der Waals surface area contributed by atoms with Gasteiger partial charge in [-0.05, 0) is 58.4 Å². The number of benzene rings is 4. The first-order valence-electron chi connectivity index (χ1n) is 11.8. The van der Waals surface area contributed by atoms with Crippen molar-refractivity contribution in [3.8, 4) is 0 Å². The van der Waals surface area contributed by atoms with Gasteiger partial charge in [-0.3, -0.25) is 18.4 Å². The number of para-hydroxylation sites is 4. The predicted molar refractivity (Wildman–Crippen MR) is 154 cm³/mol. The van der Waals surface area contributed by atoms with Gasteiger partial charge in [0.1, 0.15) is 11.3 Å². The zero-order chi connectivity index (χ0) is 25.1. The highest BCUT2D eigenvalue weighted by atomic mass is 79.9. The maximum Gasteiger partial charge on any atom is 0.258 e. The van der Waals surface area contributed by atoms with Crippen molar-refractivity contribution in [3.05, 3.63) is 128 Å². The van der Waals surface area contributed by atoms with E-state index in [9.17, 15) is 9.59 Å². The molecule has 0 unspecified atom stereocenters. The third-order valence-electron chi connectivity index (χ3n) is 6.78. The first-order chi connectivity index (χ1) is 18.1. The van der Waals surface area contributed by atoms with E-state index in [1.54, 1.807) is 0 Å². The molecule has 2 N–H and O–H groups in total. The molecule has 178 valence electrons. The van der Waals surface area contributed by atoms with Gasteiger partial charge in [0.2, 0.25) is 0 Å². The summed E-state index contributed by atoms with van der Waals surface area (Å²) in [6.07, 6.45) is 0. The molecular weight excluding hydrogens is 528 g/mol. The lowest BCUT2D eigenvalue weighted by molar-refractivity contribution is 1.19. The maximum absolute atomic E-state index is 12.1. The minimum atomic E-state index is -0.0633. The van der Waals surface area contributed by atoms with Gasteiger partial charge in [0.15, 0.2) is 0 Å². The zero-order valence-electron chi connectivity index (χ0n) is 19.4. The van der Waals surface area contributed by atoms with Crippen LogP contribution >= 0.6 is 15.9 Å². The summed E-state index contributed by atoms with van der Waals surface area (Å²) in [5, 5.41) is 3.63. The second-order valence-electron chi connectivity index (χ2n) is 8.88. The SMILES string of the molecule is O=c1[nH]c2c(Br)c3ccccc3n2c2ccccc12.O=c1[nH]c2cc3ccccc3n2c2ccccc12. The highest BCUT2D eigenvalue weighted by Gasteiger charge is 2.13. The number of aromatic amines is 2. The molecule has 0 aliphatic rings. The average Bonchev–Trinajstić information content (AvgIpc) is 3.45. The lowest BCUT2D eigenvalue weighted by atomic mass is 10.2. The molecule has 6 nitrogen and oxygen atoms in total. The lowest BCUT2D eigenvalue weighted by Gasteiger charge is -2.03. The van der Waals surface area contributed by atoms with Gasteiger partial charge in [-0.25, -0.2) is 0 Å². The summed E-state index contributed by atoms with van der Waals surface area (Å²) in [5.41, 5.74) is 5.58. The van der Waals surface area contributed by atoms with Gasteiger partial charge in [-0.2, -0.15) is 0 Å². The van der Waals surface area contributed by atoms with Crippen LogP contribution < -0.4 is 11.1 Å². The molecule has 0 saturated carbocycles. The molecule has 0 aliphatic heterocycles. The van der Waals surface area contributed by atoms with Gasteiger partial charge >= 0.3 is 0 Å². The van der Waals surface area contributed by atoms with E-state index in [-0.39, 0.29) is 11.1 Å². The van der Waals surface area contributed by atoms with Crippen molar-refractivity contribution in [1.82, 2.24) is 18.8 Å². The van der Waals surface area contributed by atoms with E-state index in [4.69, 9.17) is 0 Å². The van der Waals surface area contributed by atoms with E-state index in [2.05, 4.69) is 52.9 Å². The fraction of sp³-hybridized carbons (Fsp3) is 0. The molecule has 0 saturated heterocycles. The third kappa shape index (κ3) is 3.24. The number of halogens is 1. The van der Waals surface area contributed by atoms with Crippen LogP contribution in [0.3, 0.4) is 0 Å². The molecule has 4 heterocycles. The van der Waals surface area contributed by atoms with E-state index in [0.29, 0.717) is 10.8 Å². The first kappa shape index (κ1) is 21.6. The largest absolute Gasteiger partial charge is 0.308 e. The molecule has 0 amide bonds. The van der Waals surface area contributed by atoms with Crippen molar-refractivity contribution >= 4 is 70.8 Å². The normalized spacial score (nSPS) is 11.6. The van der Waals surface area contributed by atoms with Crippen LogP contribution in [0.15, 0.2) is 117 Å². The number of fused-ring (bicyclic) bond motifs is 10. The van der Waals surface area contributed by atoms with Crippen LogP contribution in [0.2, 0.25) is 0 Å². The molecule has 0 radical (unpaired) electrons. The number of rotatable bonds is 0. The van der Waals surface area contributed by atoms with Gasteiger partial charge < -0.3 is 9.97 Å². The number of H-pyrrole nitrogens is 2. The van der Waals surface area contributed by atoms with Crippen molar-refractivity contribution in [2.24, 2.45) is 0 Å². The fourth-order valence-electron chi connectivity index (χ4n) is 5.15. The van der Waals surface area contributed by atoms with Gasteiger partial charge in [0, 0.05) is 10.8 Å². The predicted octanol–water partition coefficient (Wildman–Crippen LogP) is 6.63. The molecule has 0 atom stereocenters. The van der Waals surface area contributed by atoms with Crippen molar-refractivity contribution < 1.29 is 0 Å². The molecule has 0 spiro atoms. The zero-order valence-corrected chi connectivity index (χ0v) is 21.0. The highest BCUT2D eigenvalue weighted by molar-refractivity contribution is 9.10. The van der Waals surface area contributed by atoms with Gasteiger partial charge in [0.25, 0.3) is 11.1 Å². The third-order valence-corrected chi connectivity index (χ3v) is 7.58. The Kier molecular flexibility index (Phi) is 4.81. The Bertz CT molecular complexity index is 2270. The molecule has 0 aliphatic carbocycles. The monoisotopic (exact) mass is 546 g/mol. The summed E-state index contributed by atoms with van der Waals surface area (Å²) in [6, 6.07) is 33.5. The molecule has 8 aromatic rings. The second-order valence-corrected chi connectivity index (χ2v) is 9.67. The van der Waals surface area contributed by atoms with E-state index >= 15 is 0 Å². The molecule has 7 heteroatoms. The molecule has 0 bridgehead atoms. The standard InChI is InChI=1S/C15H9BrN2O.C15H10N2O/c16-13-9-5-1-3-7-11(9)18-12-8-4-2-6-10(12)15(19)17-14(13)18;18-15-11-6-2-4-8-13(11)17-12-7-3-1-5-10(12)9-14(17)16-15/h1-8H,(H,17,19);1-9H,(H,16,18). The van der Waals surface area contributed by atoms with E-state index < -0.39 is 0 Å². The quantitative estimate of drug-likeness (QED) is 0.224. The van der Waals surface area contributed by atoms with Crippen LogP contribution in [-0.4, -0.2) is 18.8 Å². The van der Waals surface area contributed by atoms with Crippen molar-refractivity contribution in [2.45, 2.75) is 0 Å². The Morgan fingerprint density at radius 3 is 1.70 bits per heavy atom. The molecule has 4 aromatic carbocycles. The summed E-state index contributed by atoms with van der Waals surface area (Å²) in [7, 11) is 0. The van der Waals surface area contributed by atoms with E-state index in [0.717, 1.165) is 48.6 Å². The summed E-state index contributed by atoms with van der Waals surface area (Å²) in [4.78, 5) is 30.0. The van der Waals surface area contributed by atoms with Crippen LogP contribution in [0.4, 0.5) is 0 Å². The van der Waals surface area contributed by atoms with Crippen molar-refractivity contribution in [3.63, 3.8) is 0 Å². The van der Waals surface area contributed by atoms with Crippen LogP contribution in [-0.2, 0) is 0 Å². The minimum absolute atomic E-state index is 0.0408. The van der Waals surface area contributed by atoms with Crippen LogP contribution in [0.25, 0.3) is 54.9 Å². The molecular formula is C30H19BrN4O2. The lowest BCUT2D eigenvalue weighted by Crippen LogP contribution is -2.09. The molecule has 37 heavy (non-hydrogen) atoms. The van der Waals surface area contributed by atoms with Crippen molar-refractivity contribution in [1.29, 1.82) is 0 Å². The Hall–Kier alpha value is -4.62. The molecule has 8 rings (SSSR count). The van der Waals surface area contributed by atoms with Crippen molar-refractivity contribution in [2.75, 3.05) is 0 Å². The minimum Gasteiger partial charge on any atom is -0.308 e. The topological polar surface area (TPSA) is 74.5 Å². The molecule has 0 fully saturated rings. The number of hydrogen-bond donors (Lipinski definition) is 2. The van der Waals surface area contributed by atoms with Gasteiger partial charge in [-0.1, -0.05) is 60.7 Å². The van der Waals surface area contributed by atoms with Crippen LogP contribution in [0.5, 0.6) is 0 Å². The van der Waals surface area contributed by atoms with Gasteiger partial charge in [-0.15, -0.1) is 0 Å². The van der Waals surface area contributed by atoms with Gasteiger partial charge in [0.05, 0.1) is 37.3 Å². The first-order valence-corrected chi connectivity index (χ1v) is 12.6. The summed E-state index contributed by atoms with van der Waals surface area (Å²) in [6.45, 7) is 0. The summed E-state index contributed by atoms with van der Waals surface area (Å²) < 4.78 is 5.09. The number of nitrogens with one attached hydrogen (secondary N) is 2. The summed E-state index contributed by atoms with van der Waals surface area (Å²) in [5.74, 6) is 0. The second kappa shape index (κ2) is 8.21. The smallest absolute Gasteiger partial charge is 0.258 e. The average molecular weight is 547 g/mol. The fourth-order valence-corrected chi connectivity index (χ4v) is 5.76. The summed E-state index contributed by atoms with van der Waals surface area (Å²) >= 11 is 3.58. The highest BCUT2D eigenvalue weighted by Crippen LogP contribution is 2.31. The van der Waals surface area contributed by atoms with E-state index in [1.807, 2.05) is 84.9 Å².